The van der Waals surface area contributed by atoms with Crippen molar-refractivity contribution in [1.82, 2.24) is 0 Å². The van der Waals surface area contributed by atoms with Gasteiger partial charge in [0.25, 0.3) is 0 Å². The van der Waals surface area contributed by atoms with Gasteiger partial charge in [-0.1, -0.05) is 30.3 Å². The highest BCUT2D eigenvalue weighted by atomic mass is 16.5. The molecule has 0 saturated carbocycles. The van der Waals surface area contributed by atoms with Crippen molar-refractivity contribution in [3.8, 4) is 5.75 Å². The third-order valence-electron chi connectivity index (χ3n) is 3.27. The molecule has 1 aliphatic rings. The lowest BCUT2D eigenvalue weighted by Crippen LogP contribution is -2.05. The number of rotatable bonds is 2. The molecule has 0 aliphatic carbocycles. The largest absolute Gasteiger partial charge is 0.497 e. The second kappa shape index (κ2) is 4.13. The lowest BCUT2D eigenvalue weighted by molar-refractivity contribution is 0.414. The molecule has 3 rings (SSSR count). The summed E-state index contributed by atoms with van der Waals surface area (Å²) < 4.78 is 5.26. The molecular weight excluding hydrogens is 210 g/mol. The molecule has 86 valence electrons. The molecule has 0 spiro atoms. The lowest BCUT2D eigenvalue weighted by Gasteiger charge is -2.12. The molecule has 17 heavy (non-hydrogen) atoms. The van der Waals surface area contributed by atoms with Crippen LogP contribution in [0.25, 0.3) is 0 Å². The Kier molecular flexibility index (Phi) is 2.48. The van der Waals surface area contributed by atoms with E-state index in [1.165, 1.54) is 16.8 Å². The van der Waals surface area contributed by atoms with Gasteiger partial charge in [-0.15, -0.1) is 0 Å². The first-order chi connectivity index (χ1) is 8.36. The molecule has 0 fully saturated rings. The van der Waals surface area contributed by atoms with Crippen molar-refractivity contribution in [2.75, 3.05) is 12.4 Å². The third kappa shape index (κ3) is 1.86. The Morgan fingerprint density at radius 1 is 1.12 bits per heavy atom. The van der Waals surface area contributed by atoms with Crippen LogP contribution in [-0.4, -0.2) is 7.11 Å². The summed E-state index contributed by atoms with van der Waals surface area (Å²) in [5.41, 5.74) is 3.92. The van der Waals surface area contributed by atoms with Crippen LogP contribution in [0.1, 0.15) is 17.2 Å². The Labute approximate surface area is 101 Å². The highest BCUT2D eigenvalue weighted by Crippen LogP contribution is 2.34. The fourth-order valence-corrected chi connectivity index (χ4v) is 2.36. The third-order valence-corrected chi connectivity index (χ3v) is 3.27. The topological polar surface area (TPSA) is 21.3 Å². The second-order valence-electron chi connectivity index (χ2n) is 4.33. The van der Waals surface area contributed by atoms with Gasteiger partial charge in [0.15, 0.2) is 0 Å². The molecule has 0 bridgehead atoms. The number of benzene rings is 2. The maximum atomic E-state index is 5.26. The summed E-state index contributed by atoms with van der Waals surface area (Å²) in [6.45, 7) is 0. The van der Waals surface area contributed by atoms with Crippen molar-refractivity contribution in [2.45, 2.75) is 12.5 Å². The van der Waals surface area contributed by atoms with E-state index < -0.39 is 0 Å². The van der Waals surface area contributed by atoms with E-state index in [-0.39, 0.29) is 0 Å². The predicted octanol–water partition coefficient (Wildman–Crippen LogP) is 3.40. The van der Waals surface area contributed by atoms with E-state index in [1.807, 2.05) is 12.1 Å². The number of para-hydroxylation sites is 1. The molecule has 2 heteroatoms. The van der Waals surface area contributed by atoms with Crippen LogP contribution >= 0.6 is 0 Å². The molecule has 1 heterocycles. The molecule has 1 N–H and O–H groups in total. The van der Waals surface area contributed by atoms with E-state index in [9.17, 15) is 0 Å². The lowest BCUT2D eigenvalue weighted by atomic mass is 10.0. The van der Waals surface area contributed by atoms with Gasteiger partial charge in [0.2, 0.25) is 0 Å². The van der Waals surface area contributed by atoms with Gasteiger partial charge in [-0.2, -0.15) is 0 Å². The summed E-state index contributed by atoms with van der Waals surface area (Å²) in [6, 6.07) is 17.1. The van der Waals surface area contributed by atoms with Crippen LogP contribution in [0.2, 0.25) is 0 Å². The average molecular weight is 225 g/mol. The zero-order chi connectivity index (χ0) is 11.7. The van der Waals surface area contributed by atoms with Crippen molar-refractivity contribution in [3.05, 3.63) is 59.7 Å². The van der Waals surface area contributed by atoms with Gasteiger partial charge in [-0.05, 0) is 35.7 Å². The predicted molar refractivity (Wildman–Crippen MR) is 69.5 cm³/mol. The van der Waals surface area contributed by atoms with Crippen LogP contribution in [0, 0.1) is 0 Å². The maximum Gasteiger partial charge on any atom is 0.119 e. The Hall–Kier alpha value is -1.96. The van der Waals surface area contributed by atoms with E-state index in [0.29, 0.717) is 6.04 Å². The number of nitrogens with one attached hydrogen (secondary N) is 1. The maximum absolute atomic E-state index is 5.26. The summed E-state index contributed by atoms with van der Waals surface area (Å²) in [5.74, 6) is 0.917. The van der Waals surface area contributed by atoms with Crippen molar-refractivity contribution in [3.63, 3.8) is 0 Å². The smallest absolute Gasteiger partial charge is 0.119 e. The number of anilines is 1. The zero-order valence-corrected chi connectivity index (χ0v) is 9.81. The zero-order valence-electron chi connectivity index (χ0n) is 9.81. The minimum atomic E-state index is 0.363. The number of methoxy groups -OCH3 is 1. The van der Waals surface area contributed by atoms with Gasteiger partial charge in [-0.3, -0.25) is 0 Å². The molecule has 2 aromatic carbocycles. The SMILES string of the molecule is COc1cccc(C2Cc3ccccc3N2)c1. The summed E-state index contributed by atoms with van der Waals surface area (Å²) >= 11 is 0. The van der Waals surface area contributed by atoms with E-state index >= 15 is 0 Å². The summed E-state index contributed by atoms with van der Waals surface area (Å²) in [7, 11) is 1.70. The van der Waals surface area contributed by atoms with Crippen LogP contribution in [-0.2, 0) is 6.42 Å². The molecule has 0 radical (unpaired) electrons. The fourth-order valence-electron chi connectivity index (χ4n) is 2.36. The van der Waals surface area contributed by atoms with Crippen molar-refractivity contribution >= 4 is 5.69 Å². The van der Waals surface area contributed by atoms with Crippen LogP contribution in [0.3, 0.4) is 0 Å². The first-order valence-electron chi connectivity index (χ1n) is 5.85. The van der Waals surface area contributed by atoms with Gasteiger partial charge < -0.3 is 10.1 Å². The van der Waals surface area contributed by atoms with Crippen LogP contribution in [0.15, 0.2) is 48.5 Å². The minimum absolute atomic E-state index is 0.363. The standard InChI is InChI=1S/C15H15NO/c1-17-13-7-4-6-11(9-13)15-10-12-5-2-3-8-14(12)16-15/h2-9,15-16H,10H2,1H3. The van der Waals surface area contributed by atoms with E-state index in [1.54, 1.807) is 7.11 Å². The Morgan fingerprint density at radius 2 is 2.00 bits per heavy atom. The molecule has 2 nitrogen and oxygen atoms in total. The van der Waals surface area contributed by atoms with E-state index in [0.717, 1.165) is 12.2 Å². The first kappa shape index (κ1) is 10.2. The van der Waals surface area contributed by atoms with Gasteiger partial charge in [0.05, 0.1) is 13.2 Å². The first-order valence-corrected chi connectivity index (χ1v) is 5.85. The average Bonchev–Trinajstić information content (AvgIpc) is 2.82. The molecule has 1 unspecified atom stereocenters. The van der Waals surface area contributed by atoms with Gasteiger partial charge >= 0.3 is 0 Å². The van der Waals surface area contributed by atoms with Gasteiger partial charge in [-0.25, -0.2) is 0 Å². The summed E-state index contributed by atoms with van der Waals surface area (Å²) in [4.78, 5) is 0. The number of fused-ring (bicyclic) bond motifs is 1. The number of hydrogen-bond acceptors (Lipinski definition) is 2. The number of ether oxygens (including phenoxy) is 1. The fraction of sp³-hybridized carbons (Fsp3) is 0.200. The van der Waals surface area contributed by atoms with Crippen molar-refractivity contribution in [1.29, 1.82) is 0 Å². The molecule has 0 saturated heterocycles. The molecule has 0 amide bonds. The second-order valence-corrected chi connectivity index (χ2v) is 4.33. The minimum Gasteiger partial charge on any atom is -0.497 e. The van der Waals surface area contributed by atoms with E-state index in [4.69, 9.17) is 4.74 Å². The Bertz CT molecular complexity index is 511. The molecule has 1 atom stereocenters. The molecular formula is C15H15NO. The summed E-state index contributed by atoms with van der Waals surface area (Å²) in [5, 5.41) is 3.55. The number of hydrogen-bond donors (Lipinski definition) is 1. The van der Waals surface area contributed by atoms with Crippen LogP contribution in [0.5, 0.6) is 5.75 Å². The van der Waals surface area contributed by atoms with Crippen molar-refractivity contribution < 1.29 is 4.74 Å². The molecule has 0 aromatic heterocycles. The summed E-state index contributed by atoms with van der Waals surface area (Å²) in [6.07, 6.45) is 1.04. The van der Waals surface area contributed by atoms with Gasteiger partial charge in [0, 0.05) is 5.69 Å². The Morgan fingerprint density at radius 3 is 2.82 bits per heavy atom. The molecule has 1 aliphatic heterocycles. The van der Waals surface area contributed by atoms with Crippen LogP contribution < -0.4 is 10.1 Å². The highest BCUT2D eigenvalue weighted by molar-refractivity contribution is 5.58. The van der Waals surface area contributed by atoms with Gasteiger partial charge in [0.1, 0.15) is 5.75 Å². The molecule has 2 aromatic rings. The highest BCUT2D eigenvalue weighted by Gasteiger charge is 2.21. The quantitative estimate of drug-likeness (QED) is 0.845. The Balaban J connectivity index is 1.88. The monoisotopic (exact) mass is 225 g/mol. The van der Waals surface area contributed by atoms with E-state index in [2.05, 4.69) is 41.7 Å². The van der Waals surface area contributed by atoms with Crippen LogP contribution in [0.4, 0.5) is 5.69 Å². The normalized spacial score (nSPS) is 17.4. The van der Waals surface area contributed by atoms with Crippen molar-refractivity contribution in [2.24, 2.45) is 0 Å².